The van der Waals surface area contributed by atoms with Gasteiger partial charge < -0.3 is 18.6 Å². The number of halogens is 1. The maximum Gasteiger partial charge on any atom is 0.231 e. The number of oxazole rings is 1. The molecule has 2 aliphatic rings. The molecule has 3 aromatic rings. The van der Waals surface area contributed by atoms with Crippen LogP contribution in [0.5, 0.6) is 11.5 Å². The van der Waals surface area contributed by atoms with Gasteiger partial charge in [-0.25, -0.2) is 4.98 Å². The van der Waals surface area contributed by atoms with Crippen LogP contribution in [0.2, 0.25) is 5.02 Å². The molecule has 7 nitrogen and oxygen atoms in total. The summed E-state index contributed by atoms with van der Waals surface area (Å²) < 4.78 is 22.9. The van der Waals surface area contributed by atoms with Crippen molar-refractivity contribution >= 4 is 11.6 Å². The van der Waals surface area contributed by atoms with Crippen LogP contribution >= 0.6 is 11.6 Å². The minimum Gasteiger partial charge on any atom is -0.454 e. The van der Waals surface area contributed by atoms with E-state index in [-0.39, 0.29) is 12.9 Å². The third kappa shape index (κ3) is 4.54. The van der Waals surface area contributed by atoms with Crippen LogP contribution < -0.4 is 9.47 Å². The van der Waals surface area contributed by atoms with E-state index in [0.29, 0.717) is 41.1 Å². The van der Waals surface area contributed by atoms with E-state index in [4.69, 9.17) is 35.2 Å². The standard InChI is InChI=1S/C23H24ClN3O4/c1-15-20(26-23(31-15)18-8-21-22(9-19(18)24)30-14-29-21)12-27-7-3-5-17(11-27)28-13-16-4-2-6-25-10-16/h2,4,6,8-10,17H,3,5,7,11-14H2,1H3/t17-/m0/s1. The molecule has 0 aliphatic carbocycles. The average molecular weight is 442 g/mol. The van der Waals surface area contributed by atoms with Gasteiger partial charge in [-0.15, -0.1) is 0 Å². The summed E-state index contributed by atoms with van der Waals surface area (Å²) in [7, 11) is 0. The molecule has 1 saturated heterocycles. The van der Waals surface area contributed by atoms with Gasteiger partial charge in [0.1, 0.15) is 5.76 Å². The summed E-state index contributed by atoms with van der Waals surface area (Å²) in [5.74, 6) is 2.59. The van der Waals surface area contributed by atoms with Crippen LogP contribution in [-0.2, 0) is 17.9 Å². The van der Waals surface area contributed by atoms with Crippen LogP contribution in [0.4, 0.5) is 0 Å². The molecule has 0 spiro atoms. The Kier molecular flexibility index (Phi) is 5.80. The number of aryl methyl sites for hydroxylation is 1. The predicted molar refractivity (Wildman–Crippen MR) is 115 cm³/mol. The summed E-state index contributed by atoms with van der Waals surface area (Å²) in [6.45, 7) is 5.31. The molecular formula is C23H24ClN3O4. The molecule has 31 heavy (non-hydrogen) atoms. The van der Waals surface area contributed by atoms with E-state index < -0.39 is 0 Å². The summed E-state index contributed by atoms with van der Waals surface area (Å²) in [6, 6.07) is 7.54. The lowest BCUT2D eigenvalue weighted by Gasteiger charge is -2.32. The van der Waals surface area contributed by atoms with E-state index in [2.05, 4.69) is 9.88 Å². The van der Waals surface area contributed by atoms with Crippen molar-refractivity contribution in [1.82, 2.24) is 14.9 Å². The zero-order valence-electron chi connectivity index (χ0n) is 17.3. The minimum atomic E-state index is 0.198. The Bertz CT molecular complexity index is 1060. The first-order valence-corrected chi connectivity index (χ1v) is 10.8. The molecule has 0 bridgehead atoms. The Morgan fingerprint density at radius 3 is 2.97 bits per heavy atom. The number of hydrogen-bond donors (Lipinski definition) is 0. The number of nitrogens with zero attached hydrogens (tertiary/aromatic N) is 3. The zero-order chi connectivity index (χ0) is 21.2. The Labute approximate surface area is 185 Å². The van der Waals surface area contributed by atoms with Crippen molar-refractivity contribution in [2.45, 2.75) is 39.0 Å². The van der Waals surface area contributed by atoms with E-state index in [1.165, 1.54) is 0 Å². The highest BCUT2D eigenvalue weighted by Crippen LogP contribution is 2.41. The quantitative estimate of drug-likeness (QED) is 0.553. The fraction of sp³-hybridized carbons (Fsp3) is 0.391. The zero-order valence-corrected chi connectivity index (χ0v) is 18.1. The Hall–Kier alpha value is -2.61. The summed E-state index contributed by atoms with van der Waals surface area (Å²) in [4.78, 5) is 11.3. The number of ether oxygens (including phenoxy) is 3. The van der Waals surface area contributed by atoms with E-state index in [0.717, 1.165) is 42.9 Å². The third-order valence-corrected chi connectivity index (χ3v) is 5.94. The molecule has 0 N–H and O–H groups in total. The number of hydrogen-bond acceptors (Lipinski definition) is 7. The molecule has 5 rings (SSSR count). The second-order valence-electron chi connectivity index (χ2n) is 7.88. The lowest BCUT2D eigenvalue weighted by Crippen LogP contribution is -2.39. The summed E-state index contributed by atoms with van der Waals surface area (Å²) >= 11 is 6.43. The highest BCUT2D eigenvalue weighted by molar-refractivity contribution is 6.33. The van der Waals surface area contributed by atoms with Crippen molar-refractivity contribution in [2.75, 3.05) is 19.9 Å². The van der Waals surface area contributed by atoms with Gasteiger partial charge in [-0.05, 0) is 44.0 Å². The molecule has 0 unspecified atom stereocenters. The molecule has 2 aromatic heterocycles. The fourth-order valence-corrected chi connectivity index (χ4v) is 4.21. The van der Waals surface area contributed by atoms with Crippen molar-refractivity contribution in [1.29, 1.82) is 0 Å². The average Bonchev–Trinajstić information content (AvgIpc) is 3.38. The van der Waals surface area contributed by atoms with Gasteiger partial charge in [0, 0.05) is 31.5 Å². The molecule has 1 atom stereocenters. The van der Waals surface area contributed by atoms with Crippen LogP contribution in [0.1, 0.15) is 29.9 Å². The third-order valence-electron chi connectivity index (χ3n) is 5.63. The SMILES string of the molecule is Cc1oc(-c2cc3c(cc2Cl)OCO3)nc1CN1CCC[C@H](OCc2cccnc2)C1. The molecular weight excluding hydrogens is 418 g/mol. The van der Waals surface area contributed by atoms with Gasteiger partial charge in [-0.1, -0.05) is 17.7 Å². The van der Waals surface area contributed by atoms with Crippen molar-refractivity contribution < 1.29 is 18.6 Å². The highest BCUT2D eigenvalue weighted by Gasteiger charge is 2.24. The molecule has 0 amide bonds. The number of likely N-dealkylation sites (tertiary alicyclic amines) is 1. The van der Waals surface area contributed by atoms with Gasteiger partial charge in [-0.3, -0.25) is 9.88 Å². The lowest BCUT2D eigenvalue weighted by atomic mass is 10.1. The summed E-state index contributed by atoms with van der Waals surface area (Å²) in [6.07, 6.45) is 5.98. The monoisotopic (exact) mass is 441 g/mol. The Balaban J connectivity index is 1.25. The van der Waals surface area contributed by atoms with Crippen molar-refractivity contribution in [3.05, 3.63) is 58.7 Å². The molecule has 2 aliphatic heterocycles. The van der Waals surface area contributed by atoms with E-state index >= 15 is 0 Å². The largest absolute Gasteiger partial charge is 0.454 e. The molecule has 8 heteroatoms. The first-order valence-electron chi connectivity index (χ1n) is 10.4. The Morgan fingerprint density at radius 2 is 2.13 bits per heavy atom. The van der Waals surface area contributed by atoms with Gasteiger partial charge in [-0.2, -0.15) is 0 Å². The van der Waals surface area contributed by atoms with Crippen molar-refractivity contribution in [3.63, 3.8) is 0 Å². The van der Waals surface area contributed by atoms with Crippen molar-refractivity contribution in [2.24, 2.45) is 0 Å². The number of pyridine rings is 1. The van der Waals surface area contributed by atoms with E-state index in [1.807, 2.05) is 31.3 Å². The molecule has 0 saturated carbocycles. The summed E-state index contributed by atoms with van der Waals surface area (Å²) in [5.41, 5.74) is 2.71. The second kappa shape index (κ2) is 8.86. The molecule has 162 valence electrons. The van der Waals surface area contributed by atoms with E-state index in [1.54, 1.807) is 12.3 Å². The fourth-order valence-electron chi connectivity index (χ4n) is 3.97. The molecule has 1 aromatic carbocycles. The van der Waals surface area contributed by atoms with Gasteiger partial charge in [0.05, 0.1) is 29.0 Å². The number of rotatable bonds is 6. The maximum absolute atomic E-state index is 6.43. The van der Waals surface area contributed by atoms with Gasteiger partial charge in [0.25, 0.3) is 0 Å². The van der Waals surface area contributed by atoms with Crippen LogP contribution in [0.3, 0.4) is 0 Å². The topological polar surface area (TPSA) is 69.9 Å². The molecule has 1 fully saturated rings. The smallest absolute Gasteiger partial charge is 0.231 e. The molecule has 0 radical (unpaired) electrons. The van der Waals surface area contributed by atoms with Gasteiger partial charge >= 0.3 is 0 Å². The predicted octanol–water partition coefficient (Wildman–Crippen LogP) is 4.61. The number of benzene rings is 1. The summed E-state index contributed by atoms with van der Waals surface area (Å²) in [5, 5.41) is 0.527. The van der Waals surface area contributed by atoms with Gasteiger partial charge in [0.2, 0.25) is 12.7 Å². The number of aromatic nitrogens is 2. The van der Waals surface area contributed by atoms with Crippen LogP contribution in [0.15, 0.2) is 41.1 Å². The first kappa shape index (κ1) is 20.3. The molecule has 4 heterocycles. The normalized spacial score (nSPS) is 18.5. The van der Waals surface area contributed by atoms with Crippen molar-refractivity contribution in [3.8, 4) is 23.0 Å². The number of piperidine rings is 1. The number of fused-ring (bicyclic) bond motifs is 1. The highest BCUT2D eigenvalue weighted by atomic mass is 35.5. The van der Waals surface area contributed by atoms with Crippen LogP contribution in [0, 0.1) is 6.92 Å². The second-order valence-corrected chi connectivity index (χ2v) is 8.29. The first-order chi connectivity index (χ1) is 15.2. The lowest BCUT2D eigenvalue weighted by molar-refractivity contribution is -0.0124. The minimum absolute atomic E-state index is 0.198. The van der Waals surface area contributed by atoms with Crippen LogP contribution in [0.25, 0.3) is 11.5 Å². The maximum atomic E-state index is 6.43. The Morgan fingerprint density at radius 1 is 1.26 bits per heavy atom. The van der Waals surface area contributed by atoms with E-state index in [9.17, 15) is 0 Å². The van der Waals surface area contributed by atoms with Gasteiger partial charge in [0.15, 0.2) is 11.5 Å². The van der Waals surface area contributed by atoms with Crippen LogP contribution in [-0.4, -0.2) is 40.9 Å².